The third kappa shape index (κ3) is 4.54. The van der Waals surface area contributed by atoms with Gasteiger partial charge in [0.05, 0.1) is 15.7 Å². The van der Waals surface area contributed by atoms with Crippen molar-refractivity contribution < 1.29 is 0 Å². The molecular formula is C16H22BrCl2N. The maximum absolute atomic E-state index is 6.30. The van der Waals surface area contributed by atoms with Crippen LogP contribution in [-0.2, 0) is 0 Å². The van der Waals surface area contributed by atoms with Gasteiger partial charge in [0.1, 0.15) is 0 Å². The maximum atomic E-state index is 6.30. The van der Waals surface area contributed by atoms with Crippen LogP contribution in [0.1, 0.15) is 51.9 Å². The summed E-state index contributed by atoms with van der Waals surface area (Å²) in [6.07, 6.45) is 9.08. The molecule has 0 amide bonds. The first-order chi connectivity index (χ1) is 9.60. The Kier molecular flexibility index (Phi) is 6.51. The van der Waals surface area contributed by atoms with Crippen LogP contribution < -0.4 is 5.32 Å². The van der Waals surface area contributed by atoms with Crippen molar-refractivity contribution in [1.29, 1.82) is 0 Å². The molecule has 0 radical (unpaired) electrons. The molecule has 1 saturated carbocycles. The Bertz CT molecular complexity index is 427. The Morgan fingerprint density at radius 1 is 1.15 bits per heavy atom. The third-order valence-electron chi connectivity index (χ3n) is 4.14. The second kappa shape index (κ2) is 7.91. The van der Waals surface area contributed by atoms with Crippen LogP contribution in [0.5, 0.6) is 0 Å². The fourth-order valence-electron chi connectivity index (χ4n) is 3.10. The van der Waals surface area contributed by atoms with E-state index in [4.69, 9.17) is 23.2 Å². The van der Waals surface area contributed by atoms with E-state index in [0.29, 0.717) is 16.1 Å². The van der Waals surface area contributed by atoms with E-state index in [0.717, 1.165) is 16.1 Å². The predicted octanol–water partition coefficient (Wildman–Crippen LogP) is 6.92. The molecule has 1 fully saturated rings. The van der Waals surface area contributed by atoms with Crippen LogP contribution in [0.15, 0.2) is 16.6 Å². The summed E-state index contributed by atoms with van der Waals surface area (Å²) in [6.45, 7) is 2.28. The summed E-state index contributed by atoms with van der Waals surface area (Å²) in [5, 5.41) is 4.95. The molecule has 1 aromatic carbocycles. The minimum Gasteiger partial charge on any atom is -0.380 e. The lowest BCUT2D eigenvalue weighted by atomic mass is 9.95. The van der Waals surface area contributed by atoms with Gasteiger partial charge in [-0.1, -0.05) is 71.7 Å². The Morgan fingerprint density at radius 2 is 1.85 bits per heavy atom. The quantitative estimate of drug-likeness (QED) is 0.560. The third-order valence-corrected chi connectivity index (χ3v) is 5.19. The number of halogens is 3. The molecule has 0 spiro atoms. The molecule has 1 aromatic rings. The van der Waals surface area contributed by atoms with Gasteiger partial charge in [0.15, 0.2) is 0 Å². The summed E-state index contributed by atoms with van der Waals surface area (Å²) in [5.74, 6) is 0.905. The predicted molar refractivity (Wildman–Crippen MR) is 93.1 cm³/mol. The first kappa shape index (κ1) is 16.5. The van der Waals surface area contributed by atoms with Gasteiger partial charge in [0, 0.05) is 10.5 Å². The molecule has 4 heteroatoms. The van der Waals surface area contributed by atoms with Gasteiger partial charge in [-0.25, -0.2) is 0 Å². The molecule has 20 heavy (non-hydrogen) atoms. The highest BCUT2D eigenvalue weighted by Crippen LogP contribution is 2.36. The highest BCUT2D eigenvalue weighted by molar-refractivity contribution is 9.10. The number of rotatable bonds is 4. The number of anilines is 1. The van der Waals surface area contributed by atoms with E-state index in [-0.39, 0.29) is 0 Å². The molecule has 0 bridgehead atoms. The SMILES string of the molecule is CCCC1CCCC(Nc2c(Cl)cc(Br)cc2Cl)CC1. The van der Waals surface area contributed by atoms with E-state index in [2.05, 4.69) is 28.2 Å². The molecule has 2 unspecified atom stereocenters. The molecule has 0 saturated heterocycles. The zero-order valence-electron chi connectivity index (χ0n) is 11.9. The molecule has 2 atom stereocenters. The summed E-state index contributed by atoms with van der Waals surface area (Å²) < 4.78 is 0.918. The van der Waals surface area contributed by atoms with Crippen molar-refractivity contribution in [3.8, 4) is 0 Å². The van der Waals surface area contributed by atoms with E-state index in [1.807, 2.05) is 12.1 Å². The van der Waals surface area contributed by atoms with Gasteiger partial charge in [-0.2, -0.15) is 0 Å². The first-order valence-corrected chi connectivity index (χ1v) is 9.06. The standard InChI is InChI=1S/C16H22BrCl2N/c1-2-4-11-5-3-6-13(8-7-11)20-16-14(18)9-12(17)10-15(16)19/h9-11,13,20H,2-8H2,1H3. The van der Waals surface area contributed by atoms with Crippen molar-refractivity contribution in [3.05, 3.63) is 26.7 Å². The zero-order chi connectivity index (χ0) is 14.5. The van der Waals surface area contributed by atoms with E-state index >= 15 is 0 Å². The van der Waals surface area contributed by atoms with Gasteiger partial charge in [0.25, 0.3) is 0 Å². The van der Waals surface area contributed by atoms with Gasteiger partial charge < -0.3 is 5.32 Å². The molecular weight excluding hydrogens is 357 g/mol. The summed E-state index contributed by atoms with van der Waals surface area (Å²) >= 11 is 16.0. The number of benzene rings is 1. The van der Waals surface area contributed by atoms with Crippen LogP contribution in [-0.4, -0.2) is 6.04 Å². The molecule has 1 nitrogen and oxygen atoms in total. The smallest absolute Gasteiger partial charge is 0.0721 e. The number of hydrogen-bond donors (Lipinski definition) is 1. The van der Waals surface area contributed by atoms with Gasteiger partial charge in [-0.3, -0.25) is 0 Å². The molecule has 112 valence electrons. The van der Waals surface area contributed by atoms with Crippen LogP contribution in [0.3, 0.4) is 0 Å². The van der Waals surface area contributed by atoms with Gasteiger partial charge in [-0.05, 0) is 37.3 Å². The van der Waals surface area contributed by atoms with Crippen molar-refractivity contribution in [2.75, 3.05) is 5.32 Å². The zero-order valence-corrected chi connectivity index (χ0v) is 15.0. The minimum atomic E-state index is 0.494. The fraction of sp³-hybridized carbons (Fsp3) is 0.625. The van der Waals surface area contributed by atoms with Gasteiger partial charge >= 0.3 is 0 Å². The Hall–Kier alpha value is 0.0800. The highest BCUT2D eigenvalue weighted by Gasteiger charge is 2.20. The van der Waals surface area contributed by atoms with Crippen molar-refractivity contribution >= 4 is 44.8 Å². The van der Waals surface area contributed by atoms with E-state index in [1.54, 1.807) is 0 Å². The van der Waals surface area contributed by atoms with Crippen LogP contribution >= 0.6 is 39.1 Å². The molecule has 0 aromatic heterocycles. The van der Waals surface area contributed by atoms with Crippen molar-refractivity contribution in [1.82, 2.24) is 0 Å². The van der Waals surface area contributed by atoms with Gasteiger partial charge in [-0.15, -0.1) is 0 Å². The molecule has 2 rings (SSSR count). The van der Waals surface area contributed by atoms with E-state index in [9.17, 15) is 0 Å². The largest absolute Gasteiger partial charge is 0.380 e. The average molecular weight is 379 g/mol. The molecule has 1 N–H and O–H groups in total. The Labute approximate surface area is 140 Å². The lowest BCUT2D eigenvalue weighted by Crippen LogP contribution is -2.19. The van der Waals surface area contributed by atoms with Crippen molar-refractivity contribution in [2.24, 2.45) is 5.92 Å². The molecule has 1 aliphatic carbocycles. The summed E-state index contributed by atoms with van der Waals surface area (Å²) in [5.41, 5.74) is 0.885. The first-order valence-electron chi connectivity index (χ1n) is 7.51. The second-order valence-electron chi connectivity index (χ2n) is 5.75. The highest BCUT2D eigenvalue weighted by atomic mass is 79.9. The normalized spacial score (nSPS) is 23.4. The van der Waals surface area contributed by atoms with Crippen LogP contribution in [0.25, 0.3) is 0 Å². The second-order valence-corrected chi connectivity index (χ2v) is 7.48. The van der Waals surface area contributed by atoms with Crippen LogP contribution in [0.2, 0.25) is 10.0 Å². The Balaban J connectivity index is 2.00. The van der Waals surface area contributed by atoms with E-state index < -0.39 is 0 Å². The summed E-state index contributed by atoms with van der Waals surface area (Å²) in [7, 11) is 0. The van der Waals surface area contributed by atoms with E-state index in [1.165, 1.54) is 44.9 Å². The Morgan fingerprint density at radius 3 is 2.50 bits per heavy atom. The van der Waals surface area contributed by atoms with Crippen molar-refractivity contribution in [3.63, 3.8) is 0 Å². The maximum Gasteiger partial charge on any atom is 0.0721 e. The lowest BCUT2D eigenvalue weighted by Gasteiger charge is -2.20. The van der Waals surface area contributed by atoms with Crippen molar-refractivity contribution in [2.45, 2.75) is 57.9 Å². The minimum absolute atomic E-state index is 0.494. The van der Waals surface area contributed by atoms with Gasteiger partial charge in [0.2, 0.25) is 0 Å². The molecule has 0 aliphatic heterocycles. The van der Waals surface area contributed by atoms with Crippen LogP contribution in [0, 0.1) is 5.92 Å². The lowest BCUT2D eigenvalue weighted by molar-refractivity contribution is 0.422. The molecule has 0 heterocycles. The monoisotopic (exact) mass is 377 g/mol. The average Bonchev–Trinajstić information content (AvgIpc) is 2.60. The molecule has 1 aliphatic rings. The summed E-state index contributed by atoms with van der Waals surface area (Å²) in [6, 6.07) is 4.28. The summed E-state index contributed by atoms with van der Waals surface area (Å²) in [4.78, 5) is 0. The topological polar surface area (TPSA) is 12.0 Å². The van der Waals surface area contributed by atoms with Crippen LogP contribution in [0.4, 0.5) is 5.69 Å². The number of nitrogens with one attached hydrogen (secondary N) is 1. The fourth-order valence-corrected chi connectivity index (χ4v) is 4.42. The number of hydrogen-bond acceptors (Lipinski definition) is 1.